The smallest absolute Gasteiger partial charge is 0.288 e. The number of benzene rings is 1. The van der Waals surface area contributed by atoms with Gasteiger partial charge in [-0.25, -0.2) is 4.99 Å². The second-order valence-electron chi connectivity index (χ2n) is 5.98. The lowest BCUT2D eigenvalue weighted by atomic mass is 9.90. The summed E-state index contributed by atoms with van der Waals surface area (Å²) < 4.78 is 5.02. The maximum Gasteiger partial charge on any atom is 0.288 e. The number of carbonyl (C=O) groups is 1. The summed E-state index contributed by atoms with van der Waals surface area (Å²) in [6, 6.07) is 10.5. The molecule has 2 N–H and O–H groups in total. The summed E-state index contributed by atoms with van der Waals surface area (Å²) in [5.41, 5.74) is 7.10. The van der Waals surface area contributed by atoms with Gasteiger partial charge in [0.15, 0.2) is 5.78 Å². The highest BCUT2D eigenvalue weighted by Gasteiger charge is 2.29. The number of nitrogens with zero attached hydrogens (tertiary/aromatic N) is 3. The molecule has 2 heterocycles. The third-order valence-corrected chi connectivity index (χ3v) is 4.37. The quantitative estimate of drug-likeness (QED) is 0.837. The van der Waals surface area contributed by atoms with Crippen LogP contribution in [0.25, 0.3) is 0 Å². The van der Waals surface area contributed by atoms with E-state index in [1.54, 1.807) is 30.3 Å². The van der Waals surface area contributed by atoms with Crippen LogP contribution in [0.2, 0.25) is 5.02 Å². The van der Waals surface area contributed by atoms with Crippen LogP contribution in [-0.4, -0.2) is 16.8 Å². The Kier molecular flexibility index (Phi) is 4.74. The van der Waals surface area contributed by atoms with E-state index in [-0.39, 0.29) is 18.2 Å². The van der Waals surface area contributed by atoms with Gasteiger partial charge in [0.1, 0.15) is 17.3 Å². The molecule has 1 atom stereocenters. The lowest BCUT2D eigenvalue weighted by Gasteiger charge is -2.26. The fourth-order valence-corrected chi connectivity index (χ4v) is 2.96. The van der Waals surface area contributed by atoms with E-state index in [2.05, 4.69) is 9.98 Å². The van der Waals surface area contributed by atoms with Crippen molar-refractivity contribution in [1.29, 1.82) is 5.26 Å². The van der Waals surface area contributed by atoms with Crippen molar-refractivity contribution in [2.45, 2.75) is 18.9 Å². The molecule has 0 unspecified atom stereocenters. The van der Waals surface area contributed by atoms with Gasteiger partial charge >= 0.3 is 0 Å². The van der Waals surface area contributed by atoms with Gasteiger partial charge in [0, 0.05) is 23.2 Å². The standard InChI is InChI=1S/C19H15ClN4O2/c1-19(6-7-26-18(22)24-19)14-8-12(2-4-15(14)20)9-17(25)16-5-3-13(10-21)11-23-16/h2-8,11H,9H2,1H3,(H2,22,24)/t19-/m0/s1. The maximum absolute atomic E-state index is 12.5. The number of hydrogen-bond acceptors (Lipinski definition) is 6. The zero-order valence-corrected chi connectivity index (χ0v) is 14.7. The summed E-state index contributed by atoms with van der Waals surface area (Å²) in [4.78, 5) is 20.8. The maximum atomic E-state index is 12.5. The number of carbonyl (C=O) groups excluding carboxylic acids is 1. The number of ketones is 1. The number of halogens is 1. The molecule has 1 aromatic heterocycles. The van der Waals surface area contributed by atoms with Gasteiger partial charge in [-0.15, -0.1) is 0 Å². The van der Waals surface area contributed by atoms with Crippen LogP contribution in [0.1, 0.15) is 34.1 Å². The predicted octanol–water partition coefficient (Wildman–Crippen LogP) is 3.11. The molecule has 0 bridgehead atoms. The molecule has 2 aromatic rings. The topological polar surface area (TPSA) is 101 Å². The molecule has 0 saturated heterocycles. The first kappa shape index (κ1) is 17.6. The van der Waals surface area contributed by atoms with E-state index in [1.807, 2.05) is 19.1 Å². The van der Waals surface area contributed by atoms with Crippen molar-refractivity contribution in [2.24, 2.45) is 10.7 Å². The first-order valence-electron chi connectivity index (χ1n) is 7.79. The van der Waals surface area contributed by atoms with E-state index >= 15 is 0 Å². The van der Waals surface area contributed by atoms with Gasteiger partial charge in [-0.3, -0.25) is 9.78 Å². The minimum Gasteiger partial charge on any atom is -0.434 e. The lowest BCUT2D eigenvalue weighted by molar-refractivity contribution is 0.0988. The number of aliphatic imine (C=N–C) groups is 1. The van der Waals surface area contributed by atoms with E-state index in [9.17, 15) is 4.79 Å². The fourth-order valence-electron chi connectivity index (χ4n) is 2.65. The normalized spacial score (nSPS) is 18.6. The van der Waals surface area contributed by atoms with Crippen molar-refractivity contribution in [3.05, 3.63) is 76.3 Å². The third kappa shape index (κ3) is 3.58. The predicted molar refractivity (Wildman–Crippen MR) is 97.6 cm³/mol. The Morgan fingerprint density at radius 2 is 2.19 bits per heavy atom. The number of ether oxygens (including phenoxy) is 1. The summed E-state index contributed by atoms with van der Waals surface area (Å²) >= 11 is 6.34. The van der Waals surface area contributed by atoms with Gasteiger partial charge < -0.3 is 10.5 Å². The van der Waals surface area contributed by atoms with E-state index in [1.165, 1.54) is 12.5 Å². The molecule has 0 spiro atoms. The molecule has 26 heavy (non-hydrogen) atoms. The average Bonchev–Trinajstić information content (AvgIpc) is 2.63. The van der Waals surface area contributed by atoms with E-state index in [4.69, 9.17) is 27.3 Å². The van der Waals surface area contributed by atoms with E-state index in [0.29, 0.717) is 16.3 Å². The molecule has 0 fully saturated rings. The largest absolute Gasteiger partial charge is 0.434 e. The molecule has 3 rings (SSSR count). The van der Waals surface area contributed by atoms with Gasteiger partial charge in [0.25, 0.3) is 6.02 Å². The Labute approximate surface area is 155 Å². The summed E-state index contributed by atoms with van der Waals surface area (Å²) in [6.45, 7) is 1.86. The van der Waals surface area contributed by atoms with Crippen LogP contribution in [0.5, 0.6) is 0 Å². The molecule has 0 radical (unpaired) electrons. The number of nitrogens with two attached hydrogens (primary N) is 1. The first-order valence-corrected chi connectivity index (χ1v) is 8.17. The Balaban J connectivity index is 1.88. The number of rotatable bonds is 4. The molecule has 0 amide bonds. The van der Waals surface area contributed by atoms with E-state index in [0.717, 1.165) is 11.1 Å². The summed E-state index contributed by atoms with van der Waals surface area (Å²) in [5, 5.41) is 9.32. The van der Waals surface area contributed by atoms with Crippen molar-refractivity contribution < 1.29 is 9.53 Å². The van der Waals surface area contributed by atoms with Crippen LogP contribution < -0.4 is 5.73 Å². The SMILES string of the molecule is C[C@@]1(c2cc(CC(=O)c3ccc(C#N)cn3)ccc2Cl)C=COC(N)=N1. The Morgan fingerprint density at radius 1 is 1.38 bits per heavy atom. The highest BCUT2D eigenvalue weighted by Crippen LogP contribution is 2.35. The van der Waals surface area contributed by atoms with Crippen LogP contribution in [0.4, 0.5) is 0 Å². The molecule has 0 aliphatic carbocycles. The Hall–Kier alpha value is -3.17. The summed E-state index contributed by atoms with van der Waals surface area (Å²) in [5.74, 6) is -0.154. The van der Waals surface area contributed by atoms with Crippen LogP contribution in [0, 0.1) is 11.3 Å². The van der Waals surface area contributed by atoms with Crippen molar-refractivity contribution >= 4 is 23.4 Å². The minimum atomic E-state index is -0.773. The lowest BCUT2D eigenvalue weighted by Crippen LogP contribution is -2.27. The average molecular weight is 367 g/mol. The van der Waals surface area contributed by atoms with Crippen molar-refractivity contribution in [2.75, 3.05) is 0 Å². The number of aromatic nitrogens is 1. The van der Waals surface area contributed by atoms with Crippen LogP contribution in [-0.2, 0) is 16.7 Å². The van der Waals surface area contributed by atoms with Crippen molar-refractivity contribution in [3.8, 4) is 6.07 Å². The molecular formula is C19H15ClN4O2. The molecule has 1 aromatic carbocycles. The number of Topliss-reactive ketones (excluding diaryl/α,β-unsaturated/α-hetero) is 1. The van der Waals surface area contributed by atoms with Gasteiger partial charge in [-0.05, 0) is 36.8 Å². The fraction of sp³-hybridized carbons (Fsp3) is 0.158. The molecule has 7 heteroatoms. The van der Waals surface area contributed by atoms with Gasteiger partial charge in [-0.1, -0.05) is 23.7 Å². The number of pyridine rings is 1. The van der Waals surface area contributed by atoms with Gasteiger partial charge in [-0.2, -0.15) is 5.26 Å². The molecule has 6 nitrogen and oxygen atoms in total. The monoisotopic (exact) mass is 366 g/mol. The zero-order chi connectivity index (χ0) is 18.7. The Morgan fingerprint density at radius 3 is 2.85 bits per heavy atom. The van der Waals surface area contributed by atoms with Crippen molar-refractivity contribution in [1.82, 2.24) is 4.98 Å². The molecule has 0 saturated carbocycles. The highest BCUT2D eigenvalue weighted by molar-refractivity contribution is 6.31. The van der Waals surface area contributed by atoms with Crippen LogP contribution >= 0.6 is 11.6 Å². The summed E-state index contributed by atoms with van der Waals surface area (Å²) in [7, 11) is 0. The molecule has 130 valence electrons. The number of hydrogen-bond donors (Lipinski definition) is 1. The van der Waals surface area contributed by atoms with E-state index < -0.39 is 5.54 Å². The van der Waals surface area contributed by atoms with Crippen LogP contribution in [0.3, 0.4) is 0 Å². The highest BCUT2D eigenvalue weighted by atomic mass is 35.5. The molecule has 1 aliphatic rings. The summed E-state index contributed by atoms with van der Waals surface area (Å²) in [6.07, 6.45) is 4.75. The molecule has 1 aliphatic heterocycles. The first-order chi connectivity index (χ1) is 12.4. The zero-order valence-electron chi connectivity index (χ0n) is 13.9. The third-order valence-electron chi connectivity index (χ3n) is 4.04. The van der Waals surface area contributed by atoms with Gasteiger partial charge in [0.2, 0.25) is 0 Å². The van der Waals surface area contributed by atoms with Gasteiger partial charge in [0.05, 0.1) is 11.8 Å². The van der Waals surface area contributed by atoms with Crippen molar-refractivity contribution in [3.63, 3.8) is 0 Å². The minimum absolute atomic E-state index is 0.0503. The number of amidine groups is 1. The second-order valence-corrected chi connectivity index (χ2v) is 6.38. The second kappa shape index (κ2) is 6.98. The Bertz CT molecular complexity index is 960. The van der Waals surface area contributed by atoms with Crippen LogP contribution in [0.15, 0.2) is 53.9 Å². The molecular weight excluding hydrogens is 352 g/mol. The number of nitriles is 1.